The second-order valence-electron chi connectivity index (χ2n) is 7.17. The Hall–Kier alpha value is -3.32. The van der Waals surface area contributed by atoms with Crippen molar-refractivity contribution in [3.05, 3.63) is 29.8 Å². The van der Waals surface area contributed by atoms with Crippen LogP contribution in [-0.4, -0.2) is 76.5 Å². The van der Waals surface area contributed by atoms with E-state index in [2.05, 4.69) is 16.0 Å². The Morgan fingerprint density at radius 1 is 1.03 bits per heavy atom. The zero-order valence-corrected chi connectivity index (χ0v) is 18.9. The van der Waals surface area contributed by atoms with Crippen LogP contribution in [0.2, 0.25) is 0 Å². The van der Waals surface area contributed by atoms with Crippen LogP contribution in [-0.2, 0) is 30.4 Å². The van der Waals surface area contributed by atoms with Gasteiger partial charge in [-0.3, -0.25) is 19.2 Å². The third-order valence-electron chi connectivity index (χ3n) is 4.44. The van der Waals surface area contributed by atoms with Crippen LogP contribution in [0.4, 0.5) is 0 Å². The molecule has 1 aromatic rings. The van der Waals surface area contributed by atoms with Crippen LogP contribution in [0.15, 0.2) is 24.3 Å². The zero-order valence-electron chi connectivity index (χ0n) is 18.1. The number of hydrogen-bond donors (Lipinski definition) is 7. The Balaban J connectivity index is 2.67. The van der Waals surface area contributed by atoms with Gasteiger partial charge in [0.05, 0.1) is 19.0 Å². The predicted octanol–water partition coefficient (Wildman–Crippen LogP) is -1.94. The molecule has 1 aromatic carbocycles. The first-order valence-corrected chi connectivity index (χ1v) is 11.3. The number of aromatic hydroxyl groups is 1. The Morgan fingerprint density at radius 3 is 2.21 bits per heavy atom. The van der Waals surface area contributed by atoms with Gasteiger partial charge in [-0.25, -0.2) is 4.79 Å². The van der Waals surface area contributed by atoms with Crippen LogP contribution in [0.1, 0.15) is 18.4 Å². The molecule has 0 bridgehead atoms. The van der Waals surface area contributed by atoms with Gasteiger partial charge in [0.25, 0.3) is 0 Å². The van der Waals surface area contributed by atoms with Gasteiger partial charge in [-0.1, -0.05) is 12.1 Å². The highest BCUT2D eigenvalue weighted by Crippen LogP contribution is 2.11. The lowest BCUT2D eigenvalue weighted by Gasteiger charge is -2.20. The SMILES string of the molecule is CSCCC(N)C(=O)NC(CC(N)=O)C(=O)NCC(=O)NC(Cc1ccc(O)cc1)C(=O)O. The van der Waals surface area contributed by atoms with Crippen molar-refractivity contribution in [2.75, 3.05) is 18.6 Å². The van der Waals surface area contributed by atoms with Gasteiger partial charge in [-0.15, -0.1) is 0 Å². The molecular weight excluding hydrogens is 454 g/mol. The van der Waals surface area contributed by atoms with Gasteiger partial charge in [0, 0.05) is 6.42 Å². The molecule has 3 atom stereocenters. The van der Waals surface area contributed by atoms with Crippen LogP contribution < -0.4 is 27.4 Å². The van der Waals surface area contributed by atoms with Gasteiger partial charge >= 0.3 is 5.97 Å². The molecule has 0 spiro atoms. The smallest absolute Gasteiger partial charge is 0.326 e. The summed E-state index contributed by atoms with van der Waals surface area (Å²) in [5.41, 5.74) is 11.5. The number of phenolic OH excluding ortho intramolecular Hbond substituents is 1. The average molecular weight is 484 g/mol. The second-order valence-corrected chi connectivity index (χ2v) is 8.15. The van der Waals surface area contributed by atoms with E-state index in [1.165, 1.54) is 36.0 Å². The van der Waals surface area contributed by atoms with Crippen molar-refractivity contribution in [2.24, 2.45) is 11.5 Å². The number of phenols is 1. The summed E-state index contributed by atoms with van der Waals surface area (Å²) in [6.07, 6.45) is 1.65. The van der Waals surface area contributed by atoms with Gasteiger partial charge in [0.1, 0.15) is 17.8 Å². The zero-order chi connectivity index (χ0) is 25.0. The first-order valence-electron chi connectivity index (χ1n) is 9.94. The van der Waals surface area contributed by atoms with E-state index < -0.39 is 60.7 Å². The van der Waals surface area contributed by atoms with E-state index in [-0.39, 0.29) is 12.2 Å². The van der Waals surface area contributed by atoms with Crippen molar-refractivity contribution in [3.63, 3.8) is 0 Å². The van der Waals surface area contributed by atoms with Gasteiger partial charge in [-0.2, -0.15) is 11.8 Å². The number of benzene rings is 1. The topological polar surface area (TPSA) is 214 Å². The number of nitrogens with one attached hydrogen (secondary N) is 3. The summed E-state index contributed by atoms with van der Waals surface area (Å²) in [5, 5.41) is 25.5. The number of carboxylic acid groups (broad SMARTS) is 1. The van der Waals surface area contributed by atoms with Crippen LogP contribution in [0.5, 0.6) is 5.75 Å². The predicted molar refractivity (Wildman–Crippen MR) is 121 cm³/mol. The number of primary amides is 1. The third kappa shape index (κ3) is 10.7. The molecule has 13 heteroatoms. The summed E-state index contributed by atoms with van der Waals surface area (Å²) in [7, 11) is 0. The van der Waals surface area contributed by atoms with Crippen LogP contribution in [0.3, 0.4) is 0 Å². The molecule has 0 radical (unpaired) electrons. The number of rotatable bonds is 14. The van der Waals surface area contributed by atoms with Gasteiger partial charge in [0.2, 0.25) is 23.6 Å². The number of carbonyl (C=O) groups excluding carboxylic acids is 4. The molecule has 0 saturated carbocycles. The van der Waals surface area contributed by atoms with Crippen LogP contribution in [0, 0.1) is 0 Å². The first kappa shape index (κ1) is 27.7. The fraction of sp³-hybridized carbons (Fsp3) is 0.450. The number of nitrogens with two attached hydrogens (primary N) is 2. The standard InChI is InChI=1S/C20H29N5O7S/c1-33-7-6-13(21)18(29)25-14(9-16(22)27)19(30)23-10-17(28)24-15(20(31)32)8-11-2-4-12(26)5-3-11/h2-5,13-15,26H,6-10,21H2,1H3,(H2,22,27)(H,23,30)(H,24,28)(H,25,29)(H,31,32). The summed E-state index contributed by atoms with van der Waals surface area (Å²) in [6.45, 7) is -0.595. The Kier molecular flexibility index (Phi) is 11.7. The molecule has 0 aliphatic heterocycles. The average Bonchev–Trinajstić information content (AvgIpc) is 2.75. The number of carbonyl (C=O) groups is 5. The summed E-state index contributed by atoms with van der Waals surface area (Å²) in [5.74, 6) is -3.79. The molecule has 9 N–H and O–H groups in total. The molecule has 4 amide bonds. The van der Waals surface area contributed by atoms with E-state index >= 15 is 0 Å². The summed E-state index contributed by atoms with van der Waals surface area (Å²) >= 11 is 1.49. The summed E-state index contributed by atoms with van der Waals surface area (Å²) in [4.78, 5) is 59.5. The molecule has 0 heterocycles. The summed E-state index contributed by atoms with van der Waals surface area (Å²) < 4.78 is 0. The molecule has 0 aromatic heterocycles. The van der Waals surface area contributed by atoms with Gasteiger partial charge in [0.15, 0.2) is 0 Å². The van der Waals surface area contributed by atoms with Crippen molar-refractivity contribution in [2.45, 2.75) is 37.4 Å². The highest BCUT2D eigenvalue weighted by molar-refractivity contribution is 7.98. The van der Waals surface area contributed by atoms with Gasteiger partial charge < -0.3 is 37.6 Å². The van der Waals surface area contributed by atoms with E-state index in [1.807, 2.05) is 6.26 Å². The maximum atomic E-state index is 12.4. The lowest BCUT2D eigenvalue weighted by molar-refractivity contribution is -0.141. The van der Waals surface area contributed by atoms with Gasteiger partial charge in [-0.05, 0) is 36.1 Å². The maximum Gasteiger partial charge on any atom is 0.326 e. The molecule has 0 aliphatic carbocycles. The largest absolute Gasteiger partial charge is 0.508 e. The molecule has 0 aliphatic rings. The monoisotopic (exact) mass is 483 g/mol. The first-order chi connectivity index (χ1) is 15.5. The number of hydrogen-bond acceptors (Lipinski definition) is 8. The van der Waals surface area contributed by atoms with Crippen molar-refractivity contribution in [3.8, 4) is 5.75 Å². The summed E-state index contributed by atoms with van der Waals surface area (Å²) in [6, 6.07) is 2.29. The fourth-order valence-electron chi connectivity index (χ4n) is 2.67. The van der Waals surface area contributed by atoms with E-state index in [4.69, 9.17) is 11.5 Å². The minimum Gasteiger partial charge on any atom is -0.508 e. The normalized spacial score (nSPS) is 13.3. The lowest BCUT2D eigenvalue weighted by atomic mass is 10.1. The van der Waals surface area contributed by atoms with E-state index in [0.29, 0.717) is 17.7 Å². The Morgan fingerprint density at radius 2 is 1.67 bits per heavy atom. The third-order valence-corrected chi connectivity index (χ3v) is 5.08. The Bertz CT molecular complexity index is 850. The van der Waals surface area contributed by atoms with Crippen molar-refractivity contribution >= 4 is 41.4 Å². The molecule has 0 fully saturated rings. The molecule has 12 nitrogen and oxygen atoms in total. The number of amides is 4. The van der Waals surface area contributed by atoms with E-state index in [9.17, 15) is 34.2 Å². The molecule has 3 unspecified atom stereocenters. The minimum atomic E-state index is -1.34. The van der Waals surface area contributed by atoms with E-state index in [1.54, 1.807) is 0 Å². The molecule has 1 rings (SSSR count). The van der Waals surface area contributed by atoms with Crippen molar-refractivity contribution < 1.29 is 34.2 Å². The quantitative estimate of drug-likeness (QED) is 0.156. The molecular formula is C20H29N5O7S. The number of thioether (sulfide) groups is 1. The van der Waals surface area contributed by atoms with Crippen molar-refractivity contribution in [1.29, 1.82) is 0 Å². The Labute approximate surface area is 194 Å². The lowest BCUT2D eigenvalue weighted by Crippen LogP contribution is -2.54. The maximum absolute atomic E-state index is 12.4. The van der Waals surface area contributed by atoms with Crippen LogP contribution >= 0.6 is 11.8 Å². The van der Waals surface area contributed by atoms with E-state index in [0.717, 1.165) is 0 Å². The minimum absolute atomic E-state index is 0.0141. The highest BCUT2D eigenvalue weighted by atomic mass is 32.2. The fourth-order valence-corrected chi connectivity index (χ4v) is 3.16. The number of aliphatic carboxylic acids is 1. The molecule has 182 valence electrons. The number of carboxylic acids is 1. The highest BCUT2D eigenvalue weighted by Gasteiger charge is 2.26. The second kappa shape index (κ2) is 14.0. The van der Waals surface area contributed by atoms with Crippen molar-refractivity contribution in [1.82, 2.24) is 16.0 Å². The molecule has 33 heavy (non-hydrogen) atoms. The van der Waals surface area contributed by atoms with Crippen LogP contribution in [0.25, 0.3) is 0 Å². The molecule has 0 saturated heterocycles.